The number of benzene rings is 3. The van der Waals surface area contributed by atoms with Crippen LogP contribution in [0.4, 0.5) is 5.69 Å². The van der Waals surface area contributed by atoms with E-state index in [1.165, 1.54) is 41.6 Å². The van der Waals surface area contributed by atoms with Gasteiger partial charge in [-0.3, -0.25) is 14.5 Å². The van der Waals surface area contributed by atoms with Crippen LogP contribution in [-0.2, 0) is 26.2 Å². The molecule has 3 aromatic carbocycles. The van der Waals surface area contributed by atoms with E-state index < -0.39 is 15.9 Å². The summed E-state index contributed by atoms with van der Waals surface area (Å²) in [6.45, 7) is -0.192. The lowest BCUT2D eigenvalue weighted by Crippen LogP contribution is -2.28. The quantitative estimate of drug-likeness (QED) is 0.111. The van der Waals surface area contributed by atoms with E-state index in [-0.39, 0.29) is 24.0 Å². The molecule has 5 rings (SSSR count). The molecule has 0 spiro atoms. The van der Waals surface area contributed by atoms with Crippen LogP contribution in [0.25, 0.3) is 12.2 Å². The highest BCUT2D eigenvalue weighted by atomic mass is 79.9. The van der Waals surface area contributed by atoms with E-state index in [4.69, 9.17) is 14.3 Å². The van der Waals surface area contributed by atoms with Crippen LogP contribution >= 0.6 is 27.7 Å². The highest BCUT2D eigenvalue weighted by molar-refractivity contribution is 9.10. The number of sulfonamides is 1. The summed E-state index contributed by atoms with van der Waals surface area (Å²) < 4.78 is 34.9. The molecule has 2 amide bonds. The molecule has 2 heterocycles. The zero-order chi connectivity index (χ0) is 32.5. The van der Waals surface area contributed by atoms with Crippen molar-refractivity contribution in [2.45, 2.75) is 11.4 Å². The number of rotatable bonds is 11. The summed E-state index contributed by atoms with van der Waals surface area (Å²) >= 11 is 4.60. The Kier molecular flexibility index (Phi) is 10.6. The summed E-state index contributed by atoms with van der Waals surface area (Å²) in [7, 11) is -3.85. The SMILES string of the molecule is NS(=O)(=O)c1ccc(NC(=O)COc2ccc(Br)cc2/C=C2\S/C(=N/N=C\C=C\c3ccccc3)N(Cc3ccco3)C2=O)cc1. The number of amides is 2. The van der Waals surface area contributed by atoms with Gasteiger partial charge in [0.05, 0.1) is 22.6 Å². The van der Waals surface area contributed by atoms with Crippen LogP contribution in [0, 0.1) is 0 Å². The van der Waals surface area contributed by atoms with Gasteiger partial charge in [0.1, 0.15) is 11.5 Å². The second-order valence-electron chi connectivity index (χ2n) is 9.59. The molecule has 0 atom stereocenters. The molecule has 0 saturated carbocycles. The predicted molar refractivity (Wildman–Crippen MR) is 182 cm³/mol. The van der Waals surface area contributed by atoms with E-state index in [0.717, 1.165) is 21.8 Å². The number of halogens is 1. The molecule has 0 aliphatic carbocycles. The van der Waals surface area contributed by atoms with E-state index >= 15 is 0 Å². The topological polar surface area (TPSA) is 157 Å². The normalized spacial score (nSPS) is 15.4. The van der Waals surface area contributed by atoms with E-state index in [1.807, 2.05) is 36.4 Å². The Bertz CT molecular complexity index is 1940. The van der Waals surface area contributed by atoms with Gasteiger partial charge in [0, 0.05) is 21.9 Å². The smallest absolute Gasteiger partial charge is 0.267 e. The fraction of sp³-hybridized carbons (Fsp3) is 0.0625. The van der Waals surface area contributed by atoms with E-state index in [1.54, 1.807) is 42.5 Å². The van der Waals surface area contributed by atoms with Crippen LogP contribution in [0.1, 0.15) is 16.9 Å². The van der Waals surface area contributed by atoms with Crippen molar-refractivity contribution >= 4 is 78.8 Å². The van der Waals surface area contributed by atoms with Crippen molar-refractivity contribution in [1.29, 1.82) is 0 Å². The molecule has 1 saturated heterocycles. The number of amidine groups is 1. The highest BCUT2D eigenvalue weighted by Crippen LogP contribution is 2.36. The molecular formula is C32H26BrN5O6S2. The number of allylic oxidation sites excluding steroid dienone is 1. The van der Waals surface area contributed by atoms with E-state index in [0.29, 0.717) is 32.8 Å². The molecular weight excluding hydrogens is 694 g/mol. The Morgan fingerprint density at radius 1 is 1.07 bits per heavy atom. The summed E-state index contributed by atoms with van der Waals surface area (Å²) in [5.41, 5.74) is 1.93. The van der Waals surface area contributed by atoms with Crippen LogP contribution in [0.5, 0.6) is 5.75 Å². The molecule has 1 aromatic heterocycles. The summed E-state index contributed by atoms with van der Waals surface area (Å²) in [6, 6.07) is 23.9. The van der Waals surface area contributed by atoms with Crippen molar-refractivity contribution in [3.05, 3.63) is 124 Å². The summed E-state index contributed by atoms with van der Waals surface area (Å²) in [5, 5.41) is 16.6. The largest absolute Gasteiger partial charge is 0.483 e. The number of anilines is 1. The number of ether oxygens (including phenoxy) is 1. The molecule has 234 valence electrons. The lowest BCUT2D eigenvalue weighted by atomic mass is 10.2. The van der Waals surface area contributed by atoms with Crippen LogP contribution < -0.4 is 15.2 Å². The number of carbonyl (C=O) groups is 2. The molecule has 1 aliphatic heterocycles. The van der Waals surface area contributed by atoms with Gasteiger partial charge in [-0.25, -0.2) is 13.6 Å². The molecule has 46 heavy (non-hydrogen) atoms. The number of nitrogens with zero attached hydrogens (tertiary/aromatic N) is 3. The van der Waals surface area contributed by atoms with Gasteiger partial charge in [0.15, 0.2) is 11.8 Å². The maximum absolute atomic E-state index is 13.6. The zero-order valence-electron chi connectivity index (χ0n) is 23.9. The molecule has 0 radical (unpaired) electrons. The Morgan fingerprint density at radius 3 is 2.57 bits per heavy atom. The van der Waals surface area contributed by atoms with Gasteiger partial charge in [-0.15, -0.1) is 5.10 Å². The lowest BCUT2D eigenvalue weighted by Gasteiger charge is -2.13. The molecule has 3 N–H and O–H groups in total. The van der Waals surface area contributed by atoms with Crippen LogP contribution in [0.3, 0.4) is 0 Å². The van der Waals surface area contributed by atoms with E-state index in [2.05, 4.69) is 31.4 Å². The van der Waals surface area contributed by atoms with Gasteiger partial charge in [-0.1, -0.05) is 52.3 Å². The van der Waals surface area contributed by atoms with Gasteiger partial charge >= 0.3 is 0 Å². The number of nitrogens with one attached hydrogen (secondary N) is 1. The third-order valence-corrected chi connectivity index (χ3v) is 8.67. The van der Waals surface area contributed by atoms with E-state index in [9.17, 15) is 18.0 Å². The zero-order valence-corrected chi connectivity index (χ0v) is 27.2. The van der Waals surface area contributed by atoms with Gasteiger partial charge in [-0.2, -0.15) is 5.10 Å². The molecule has 1 aliphatic rings. The first-order chi connectivity index (χ1) is 22.2. The number of hydrogen-bond acceptors (Lipinski definition) is 9. The molecule has 14 heteroatoms. The van der Waals surface area contributed by atoms with Crippen molar-refractivity contribution in [2.75, 3.05) is 11.9 Å². The average Bonchev–Trinajstić information content (AvgIpc) is 3.65. The number of nitrogens with two attached hydrogens (primary N) is 1. The van der Waals surface area contributed by atoms with Crippen molar-refractivity contribution in [1.82, 2.24) is 4.90 Å². The van der Waals surface area contributed by atoms with Crippen molar-refractivity contribution < 1.29 is 27.2 Å². The fourth-order valence-electron chi connectivity index (χ4n) is 4.09. The van der Waals surface area contributed by atoms with Crippen LogP contribution in [0.15, 0.2) is 126 Å². The number of carbonyl (C=O) groups excluding carboxylic acids is 2. The monoisotopic (exact) mass is 719 g/mol. The van der Waals surface area contributed by atoms with Crippen LogP contribution in [-0.4, -0.2) is 43.1 Å². The Balaban J connectivity index is 1.32. The van der Waals surface area contributed by atoms with Crippen molar-refractivity contribution in [2.24, 2.45) is 15.3 Å². The van der Waals surface area contributed by atoms with Gasteiger partial charge < -0.3 is 14.5 Å². The minimum Gasteiger partial charge on any atom is -0.483 e. The van der Waals surface area contributed by atoms with Crippen LogP contribution in [0.2, 0.25) is 0 Å². The first-order valence-electron chi connectivity index (χ1n) is 13.6. The van der Waals surface area contributed by atoms with Gasteiger partial charge in [0.25, 0.3) is 11.8 Å². The highest BCUT2D eigenvalue weighted by Gasteiger charge is 2.34. The standard InChI is InChI=1S/C32H26BrN5O6S2/c33-24-10-15-28(44-21-30(39)36-25-11-13-27(14-12-25)46(34,41)42)23(18-24)19-29-31(40)38(20-26-9-5-17-43-26)32(45-29)37-35-16-4-8-22-6-2-1-3-7-22/h1-19H,20-21H2,(H,36,39)(H2,34,41,42)/b8-4+,29-19-,35-16-,37-32+. The first-order valence-corrected chi connectivity index (χ1v) is 16.7. The number of primary sulfonamides is 1. The number of hydrogen-bond donors (Lipinski definition) is 2. The van der Waals surface area contributed by atoms with Gasteiger partial charge in [0.2, 0.25) is 10.0 Å². The number of thioether (sulfide) groups is 1. The summed E-state index contributed by atoms with van der Waals surface area (Å²) in [4.78, 5) is 27.9. The second kappa shape index (κ2) is 15.0. The third kappa shape index (κ3) is 8.91. The minimum atomic E-state index is -3.85. The average molecular weight is 721 g/mol. The second-order valence-corrected chi connectivity index (χ2v) is 13.1. The molecule has 0 unspecified atom stereocenters. The van der Waals surface area contributed by atoms with Crippen molar-refractivity contribution in [3.8, 4) is 5.75 Å². The first kappa shape index (κ1) is 32.6. The Hall–Kier alpha value is -4.76. The maximum Gasteiger partial charge on any atom is 0.267 e. The third-order valence-electron chi connectivity index (χ3n) is 6.25. The van der Waals surface area contributed by atoms with Crippen molar-refractivity contribution in [3.63, 3.8) is 0 Å². The molecule has 0 bridgehead atoms. The molecule has 1 fully saturated rings. The fourth-order valence-corrected chi connectivity index (χ4v) is 5.91. The predicted octanol–water partition coefficient (Wildman–Crippen LogP) is 5.88. The molecule has 11 nitrogen and oxygen atoms in total. The van der Waals surface area contributed by atoms with Gasteiger partial charge in [-0.05, 0) is 84.1 Å². The minimum absolute atomic E-state index is 0.0729. The number of furan rings is 1. The Morgan fingerprint density at radius 2 is 1.85 bits per heavy atom. The molecule has 4 aromatic rings. The lowest BCUT2D eigenvalue weighted by molar-refractivity contribution is -0.122. The summed E-state index contributed by atoms with van der Waals surface area (Å²) in [5.74, 6) is 0.153. The summed E-state index contributed by atoms with van der Waals surface area (Å²) in [6.07, 6.45) is 8.38. The maximum atomic E-state index is 13.6. The Labute approximate surface area is 277 Å².